The first-order valence-corrected chi connectivity index (χ1v) is 4.24. The molecule has 0 bridgehead atoms. The quantitative estimate of drug-likeness (QED) is 0.445. The molecule has 0 aliphatic heterocycles. The molecule has 2 N–H and O–H groups in total. The summed E-state index contributed by atoms with van der Waals surface area (Å²) in [7, 11) is 0. The maximum atomic E-state index is 3.64. The van der Waals surface area contributed by atoms with Crippen LogP contribution >= 0.6 is 0 Å². The second-order valence-electron chi connectivity index (χ2n) is 3.17. The third-order valence-electron chi connectivity index (χ3n) is 1.36. The first kappa shape index (κ1) is 10.7. The highest BCUT2D eigenvalue weighted by atomic mass is 15.0. The predicted octanol–water partition coefficient (Wildman–Crippen LogP) is 1.15. The van der Waals surface area contributed by atoms with Crippen LogP contribution < -0.4 is 10.6 Å². The third-order valence-corrected chi connectivity index (χ3v) is 1.36. The lowest BCUT2D eigenvalue weighted by atomic mass is 10.3. The van der Waals surface area contributed by atoms with E-state index in [4.69, 9.17) is 0 Å². The third kappa shape index (κ3) is 7.56. The van der Waals surface area contributed by atoms with E-state index in [-0.39, 0.29) is 0 Å². The molecule has 0 rings (SSSR count). The van der Waals surface area contributed by atoms with Gasteiger partial charge in [-0.2, -0.15) is 0 Å². The molecule has 11 heavy (non-hydrogen) atoms. The Balaban J connectivity index is 3.21. The zero-order valence-electron chi connectivity index (χ0n) is 7.85. The lowest BCUT2D eigenvalue weighted by molar-refractivity contribution is 0.468. The van der Waals surface area contributed by atoms with Crippen LogP contribution in [0.25, 0.3) is 0 Å². The van der Waals surface area contributed by atoms with E-state index in [0.29, 0.717) is 12.1 Å². The first-order valence-electron chi connectivity index (χ1n) is 4.24. The van der Waals surface area contributed by atoms with Crippen molar-refractivity contribution < 1.29 is 0 Å². The molecule has 0 aliphatic rings. The second kappa shape index (κ2) is 6.38. The van der Waals surface area contributed by atoms with Crippen molar-refractivity contribution >= 4 is 0 Å². The van der Waals surface area contributed by atoms with Crippen molar-refractivity contribution in [1.82, 2.24) is 10.6 Å². The van der Waals surface area contributed by atoms with Gasteiger partial charge in [0.25, 0.3) is 0 Å². The Hall–Kier alpha value is -0.340. The molecule has 0 aliphatic carbocycles. The lowest BCUT2D eigenvalue weighted by Crippen LogP contribution is -2.39. The van der Waals surface area contributed by atoms with Gasteiger partial charge in [0.1, 0.15) is 0 Å². The van der Waals surface area contributed by atoms with Crippen molar-refractivity contribution in [2.45, 2.75) is 32.9 Å². The van der Waals surface area contributed by atoms with Crippen molar-refractivity contribution in [3.63, 3.8) is 0 Å². The van der Waals surface area contributed by atoms with Gasteiger partial charge in [0.2, 0.25) is 0 Å². The van der Waals surface area contributed by atoms with E-state index in [1.807, 2.05) is 6.08 Å². The Morgan fingerprint density at radius 3 is 2.45 bits per heavy atom. The van der Waals surface area contributed by atoms with Gasteiger partial charge in [0.05, 0.1) is 0 Å². The minimum absolute atomic E-state index is 0.537. The fourth-order valence-electron chi connectivity index (χ4n) is 1.03. The molecule has 66 valence electrons. The summed E-state index contributed by atoms with van der Waals surface area (Å²) in [6.45, 7) is 12.0. The normalized spacial score (nSPS) is 13.5. The van der Waals surface area contributed by atoms with Crippen LogP contribution in [0.15, 0.2) is 12.7 Å². The van der Waals surface area contributed by atoms with Gasteiger partial charge in [0, 0.05) is 25.2 Å². The van der Waals surface area contributed by atoms with Gasteiger partial charge in [-0.3, -0.25) is 0 Å². The van der Waals surface area contributed by atoms with E-state index >= 15 is 0 Å². The molecule has 0 fully saturated rings. The van der Waals surface area contributed by atoms with Crippen molar-refractivity contribution in [2.24, 2.45) is 0 Å². The number of rotatable bonds is 6. The lowest BCUT2D eigenvalue weighted by Gasteiger charge is -2.16. The highest BCUT2D eigenvalue weighted by Gasteiger charge is 2.00. The van der Waals surface area contributed by atoms with Crippen LogP contribution in [0.5, 0.6) is 0 Å². The molecule has 0 amide bonds. The Kier molecular flexibility index (Phi) is 6.18. The van der Waals surface area contributed by atoms with E-state index in [9.17, 15) is 0 Å². The molecule has 0 saturated heterocycles. The van der Waals surface area contributed by atoms with E-state index in [1.165, 1.54) is 0 Å². The molecule has 0 aromatic heterocycles. The summed E-state index contributed by atoms with van der Waals surface area (Å²) in [4.78, 5) is 0. The molecular formula is C9H20N2. The average Bonchev–Trinajstić information content (AvgIpc) is 1.86. The Morgan fingerprint density at radius 2 is 2.00 bits per heavy atom. The Labute approximate surface area is 70.1 Å². The van der Waals surface area contributed by atoms with Gasteiger partial charge < -0.3 is 10.6 Å². The van der Waals surface area contributed by atoms with E-state index in [2.05, 4.69) is 38.0 Å². The maximum Gasteiger partial charge on any atom is 0.0166 e. The van der Waals surface area contributed by atoms with Gasteiger partial charge in [-0.1, -0.05) is 19.9 Å². The van der Waals surface area contributed by atoms with Crippen molar-refractivity contribution in [3.8, 4) is 0 Å². The largest absolute Gasteiger partial charge is 0.312 e. The zero-order chi connectivity index (χ0) is 8.69. The van der Waals surface area contributed by atoms with Crippen molar-refractivity contribution in [1.29, 1.82) is 0 Å². The molecule has 2 nitrogen and oxygen atoms in total. The van der Waals surface area contributed by atoms with Crippen LogP contribution in [0.4, 0.5) is 0 Å². The molecule has 0 radical (unpaired) electrons. The number of nitrogens with one attached hydrogen (secondary N) is 2. The molecule has 2 heteroatoms. The highest BCUT2D eigenvalue weighted by Crippen LogP contribution is 1.83. The van der Waals surface area contributed by atoms with Crippen LogP contribution in [-0.2, 0) is 0 Å². The average molecular weight is 156 g/mol. The smallest absolute Gasteiger partial charge is 0.0166 e. The monoisotopic (exact) mass is 156 g/mol. The van der Waals surface area contributed by atoms with E-state index in [0.717, 1.165) is 13.1 Å². The fraction of sp³-hybridized carbons (Fsp3) is 0.778. The van der Waals surface area contributed by atoms with E-state index < -0.39 is 0 Å². The summed E-state index contributed by atoms with van der Waals surface area (Å²) in [6, 6.07) is 1.10. The fourth-order valence-corrected chi connectivity index (χ4v) is 1.03. The Bertz CT molecular complexity index is 99.7. The van der Waals surface area contributed by atoms with Crippen LogP contribution in [0.2, 0.25) is 0 Å². The molecular weight excluding hydrogens is 136 g/mol. The topological polar surface area (TPSA) is 24.1 Å². The summed E-state index contributed by atoms with van der Waals surface area (Å²) < 4.78 is 0. The zero-order valence-corrected chi connectivity index (χ0v) is 7.85. The van der Waals surface area contributed by atoms with Gasteiger partial charge >= 0.3 is 0 Å². The van der Waals surface area contributed by atoms with Crippen molar-refractivity contribution in [2.75, 3.05) is 13.1 Å². The maximum absolute atomic E-state index is 3.64. The van der Waals surface area contributed by atoms with Crippen LogP contribution in [0.1, 0.15) is 20.8 Å². The summed E-state index contributed by atoms with van der Waals surface area (Å²) >= 11 is 0. The van der Waals surface area contributed by atoms with Crippen molar-refractivity contribution in [3.05, 3.63) is 12.7 Å². The molecule has 0 spiro atoms. The minimum Gasteiger partial charge on any atom is -0.312 e. The van der Waals surface area contributed by atoms with Gasteiger partial charge in [-0.15, -0.1) is 6.58 Å². The highest BCUT2D eigenvalue weighted by molar-refractivity contribution is 4.73. The Morgan fingerprint density at radius 1 is 1.36 bits per heavy atom. The standard InChI is InChI=1S/C9H20N2/c1-5-6-10-7-9(4)11-8(2)3/h5,8-11H,1,6-7H2,2-4H3. The van der Waals surface area contributed by atoms with Gasteiger partial charge in [-0.05, 0) is 6.92 Å². The molecule has 0 saturated carbocycles. The van der Waals surface area contributed by atoms with Crippen LogP contribution in [-0.4, -0.2) is 25.2 Å². The molecule has 0 aromatic rings. The van der Waals surface area contributed by atoms with E-state index in [1.54, 1.807) is 0 Å². The summed E-state index contributed by atoms with van der Waals surface area (Å²) in [5.74, 6) is 0. The number of hydrogen-bond donors (Lipinski definition) is 2. The van der Waals surface area contributed by atoms with Crippen LogP contribution in [0, 0.1) is 0 Å². The van der Waals surface area contributed by atoms with Crippen LogP contribution in [0.3, 0.4) is 0 Å². The minimum atomic E-state index is 0.537. The summed E-state index contributed by atoms with van der Waals surface area (Å²) in [6.07, 6.45) is 1.88. The van der Waals surface area contributed by atoms with Gasteiger partial charge in [-0.25, -0.2) is 0 Å². The molecule has 1 unspecified atom stereocenters. The second-order valence-corrected chi connectivity index (χ2v) is 3.17. The number of hydrogen-bond acceptors (Lipinski definition) is 2. The first-order chi connectivity index (χ1) is 5.16. The molecule has 1 atom stereocenters. The summed E-state index contributed by atoms with van der Waals surface area (Å²) in [5.41, 5.74) is 0. The predicted molar refractivity (Wildman–Crippen MR) is 50.8 cm³/mol. The summed E-state index contributed by atoms with van der Waals surface area (Å²) in [5, 5.41) is 6.66. The molecule has 0 aromatic carbocycles. The van der Waals surface area contributed by atoms with Gasteiger partial charge in [0.15, 0.2) is 0 Å². The molecule has 0 heterocycles. The SMILES string of the molecule is C=CCNCC(C)NC(C)C.